The number of aliphatic hydroxyl groups excluding tert-OH is 1. The molecule has 0 bridgehead atoms. The topological polar surface area (TPSA) is 56.7 Å². The Balaban J connectivity index is 2.41. The quantitative estimate of drug-likeness (QED) is 0.426. The van der Waals surface area contributed by atoms with Gasteiger partial charge in [0.05, 0.1) is 0 Å². The molecule has 0 aliphatic heterocycles. The van der Waals surface area contributed by atoms with Crippen LogP contribution < -0.4 is 10.6 Å². The Morgan fingerprint density at radius 1 is 1.25 bits per heavy atom. The van der Waals surface area contributed by atoms with E-state index in [9.17, 15) is 0 Å². The van der Waals surface area contributed by atoms with Crippen LogP contribution in [0.25, 0.3) is 0 Å². The second-order valence-electron chi connectivity index (χ2n) is 5.92. The van der Waals surface area contributed by atoms with Crippen molar-refractivity contribution in [1.29, 1.82) is 0 Å². The van der Waals surface area contributed by atoms with Crippen molar-refractivity contribution in [3.63, 3.8) is 0 Å². The lowest BCUT2D eigenvalue weighted by atomic mass is 10.0. The van der Waals surface area contributed by atoms with Crippen LogP contribution >= 0.6 is 0 Å². The molecule has 20 heavy (non-hydrogen) atoms. The van der Waals surface area contributed by atoms with Gasteiger partial charge in [0, 0.05) is 25.7 Å². The van der Waals surface area contributed by atoms with E-state index in [0.717, 1.165) is 44.2 Å². The van der Waals surface area contributed by atoms with Crippen molar-refractivity contribution < 1.29 is 5.11 Å². The van der Waals surface area contributed by atoms with Crippen LogP contribution in [0, 0.1) is 11.8 Å². The largest absolute Gasteiger partial charge is 0.396 e. The number of aliphatic imine (C=N–C) groups is 1. The van der Waals surface area contributed by atoms with Gasteiger partial charge in [-0.1, -0.05) is 26.7 Å². The molecule has 0 amide bonds. The van der Waals surface area contributed by atoms with E-state index in [-0.39, 0.29) is 6.61 Å². The lowest BCUT2D eigenvalue weighted by Crippen LogP contribution is -2.39. The van der Waals surface area contributed by atoms with Crippen molar-refractivity contribution in [2.24, 2.45) is 16.8 Å². The number of hydrogen-bond donors (Lipinski definition) is 3. The fourth-order valence-electron chi connectivity index (χ4n) is 2.75. The minimum absolute atomic E-state index is 0.269. The number of aliphatic hydroxyl groups is 1. The Labute approximate surface area is 124 Å². The molecule has 3 unspecified atom stereocenters. The van der Waals surface area contributed by atoms with Gasteiger partial charge in [-0.15, -0.1) is 0 Å². The predicted molar refractivity (Wildman–Crippen MR) is 86.0 cm³/mol. The maximum Gasteiger partial charge on any atom is 0.191 e. The zero-order chi connectivity index (χ0) is 14.8. The highest BCUT2D eigenvalue weighted by Gasteiger charge is 2.36. The van der Waals surface area contributed by atoms with E-state index in [1.165, 1.54) is 19.3 Å². The van der Waals surface area contributed by atoms with Crippen LogP contribution in [-0.4, -0.2) is 36.8 Å². The Kier molecular flexibility index (Phi) is 8.67. The van der Waals surface area contributed by atoms with Crippen molar-refractivity contribution >= 4 is 5.96 Å². The average molecular weight is 283 g/mol. The van der Waals surface area contributed by atoms with Gasteiger partial charge in [-0.2, -0.15) is 0 Å². The molecule has 1 fully saturated rings. The zero-order valence-electron chi connectivity index (χ0n) is 13.5. The van der Waals surface area contributed by atoms with Crippen molar-refractivity contribution in [2.75, 3.05) is 19.7 Å². The Bertz CT molecular complexity index is 275. The van der Waals surface area contributed by atoms with E-state index in [1.807, 2.05) is 0 Å². The van der Waals surface area contributed by atoms with Crippen LogP contribution in [0.15, 0.2) is 4.99 Å². The third-order valence-electron chi connectivity index (χ3n) is 3.99. The molecule has 4 heteroatoms. The summed E-state index contributed by atoms with van der Waals surface area (Å²) in [5.41, 5.74) is 0. The Morgan fingerprint density at radius 2 is 2.05 bits per heavy atom. The van der Waals surface area contributed by atoms with E-state index >= 15 is 0 Å². The van der Waals surface area contributed by atoms with Crippen molar-refractivity contribution in [1.82, 2.24) is 10.6 Å². The standard InChI is InChI=1S/C16H33N3O/c1-4-7-13(9-10-20)12-18-16(17-6-3)19-15-11-14(15)8-5-2/h13-15,20H,4-12H2,1-3H3,(H2,17,18,19). The number of guanidine groups is 1. The molecule has 1 rings (SSSR count). The summed E-state index contributed by atoms with van der Waals surface area (Å²) in [7, 11) is 0. The first-order valence-corrected chi connectivity index (χ1v) is 8.40. The smallest absolute Gasteiger partial charge is 0.191 e. The summed E-state index contributed by atoms with van der Waals surface area (Å²) in [4.78, 5) is 4.71. The summed E-state index contributed by atoms with van der Waals surface area (Å²) in [5, 5.41) is 16.0. The van der Waals surface area contributed by atoms with E-state index in [1.54, 1.807) is 0 Å². The fourth-order valence-corrected chi connectivity index (χ4v) is 2.75. The molecule has 3 N–H and O–H groups in total. The SMILES string of the molecule is CCCC(CCO)CN=C(NCC)NC1CC1CCC. The first-order chi connectivity index (χ1) is 9.74. The van der Waals surface area contributed by atoms with Crippen LogP contribution in [0.1, 0.15) is 59.3 Å². The van der Waals surface area contributed by atoms with Crippen LogP contribution in [0.4, 0.5) is 0 Å². The monoisotopic (exact) mass is 283 g/mol. The molecule has 0 aromatic rings. The first-order valence-electron chi connectivity index (χ1n) is 8.40. The fraction of sp³-hybridized carbons (Fsp3) is 0.938. The third-order valence-corrected chi connectivity index (χ3v) is 3.99. The molecule has 0 aromatic heterocycles. The zero-order valence-corrected chi connectivity index (χ0v) is 13.5. The number of hydrogen-bond acceptors (Lipinski definition) is 2. The Hall–Kier alpha value is -0.770. The molecule has 0 spiro atoms. The van der Waals surface area contributed by atoms with Gasteiger partial charge in [0.15, 0.2) is 5.96 Å². The normalized spacial score (nSPS) is 23.5. The van der Waals surface area contributed by atoms with E-state index in [0.29, 0.717) is 12.0 Å². The molecular weight excluding hydrogens is 250 g/mol. The molecular formula is C16H33N3O. The highest BCUT2D eigenvalue weighted by atomic mass is 16.3. The van der Waals surface area contributed by atoms with Crippen LogP contribution in [0.2, 0.25) is 0 Å². The maximum atomic E-state index is 9.10. The van der Waals surface area contributed by atoms with E-state index in [2.05, 4.69) is 31.4 Å². The third kappa shape index (κ3) is 6.60. The van der Waals surface area contributed by atoms with Gasteiger partial charge < -0.3 is 15.7 Å². The second kappa shape index (κ2) is 10.0. The lowest BCUT2D eigenvalue weighted by Gasteiger charge is -2.15. The Morgan fingerprint density at radius 3 is 2.65 bits per heavy atom. The van der Waals surface area contributed by atoms with Crippen molar-refractivity contribution in [2.45, 2.75) is 65.3 Å². The summed E-state index contributed by atoms with van der Waals surface area (Å²) >= 11 is 0. The van der Waals surface area contributed by atoms with Gasteiger partial charge in [-0.3, -0.25) is 4.99 Å². The van der Waals surface area contributed by atoms with E-state index < -0.39 is 0 Å². The molecule has 4 nitrogen and oxygen atoms in total. The van der Waals surface area contributed by atoms with Crippen LogP contribution in [0.5, 0.6) is 0 Å². The summed E-state index contributed by atoms with van der Waals surface area (Å²) in [6, 6.07) is 0.621. The molecule has 0 aromatic carbocycles. The van der Waals surface area contributed by atoms with Gasteiger partial charge in [0.25, 0.3) is 0 Å². The van der Waals surface area contributed by atoms with Crippen molar-refractivity contribution in [3.05, 3.63) is 0 Å². The summed E-state index contributed by atoms with van der Waals surface area (Å²) in [6.45, 7) is 8.52. The molecule has 1 aliphatic rings. The lowest BCUT2D eigenvalue weighted by molar-refractivity contribution is 0.253. The minimum atomic E-state index is 0.269. The predicted octanol–water partition coefficient (Wildman–Crippen LogP) is 2.53. The average Bonchev–Trinajstić information content (AvgIpc) is 3.15. The summed E-state index contributed by atoms with van der Waals surface area (Å²) in [5.74, 6) is 2.30. The van der Waals surface area contributed by atoms with Crippen LogP contribution in [0.3, 0.4) is 0 Å². The molecule has 1 aliphatic carbocycles. The van der Waals surface area contributed by atoms with Gasteiger partial charge >= 0.3 is 0 Å². The first kappa shape index (κ1) is 17.3. The maximum absolute atomic E-state index is 9.10. The highest BCUT2D eigenvalue weighted by molar-refractivity contribution is 5.80. The highest BCUT2D eigenvalue weighted by Crippen LogP contribution is 2.34. The molecule has 0 saturated heterocycles. The molecule has 3 atom stereocenters. The van der Waals surface area contributed by atoms with Gasteiger partial charge in [0.1, 0.15) is 0 Å². The summed E-state index contributed by atoms with van der Waals surface area (Å²) in [6.07, 6.45) is 7.04. The van der Waals surface area contributed by atoms with Gasteiger partial charge in [-0.05, 0) is 44.4 Å². The molecule has 118 valence electrons. The number of rotatable bonds is 10. The molecule has 0 heterocycles. The minimum Gasteiger partial charge on any atom is -0.396 e. The molecule has 1 saturated carbocycles. The number of nitrogens with zero attached hydrogens (tertiary/aromatic N) is 1. The number of nitrogens with one attached hydrogen (secondary N) is 2. The van der Waals surface area contributed by atoms with E-state index in [4.69, 9.17) is 10.1 Å². The van der Waals surface area contributed by atoms with Gasteiger partial charge in [-0.25, -0.2) is 0 Å². The van der Waals surface area contributed by atoms with Gasteiger partial charge in [0.2, 0.25) is 0 Å². The van der Waals surface area contributed by atoms with Crippen molar-refractivity contribution in [3.8, 4) is 0 Å². The van der Waals surface area contributed by atoms with Crippen LogP contribution in [-0.2, 0) is 0 Å². The molecule has 0 radical (unpaired) electrons. The second-order valence-corrected chi connectivity index (χ2v) is 5.92. The summed E-state index contributed by atoms with van der Waals surface area (Å²) < 4.78 is 0.